The van der Waals surface area contributed by atoms with E-state index >= 15 is 0 Å². The van der Waals surface area contributed by atoms with Gasteiger partial charge in [-0.2, -0.15) is 5.10 Å². The fourth-order valence-corrected chi connectivity index (χ4v) is 4.51. The predicted octanol–water partition coefficient (Wildman–Crippen LogP) is 4.61. The Balaban J connectivity index is 1.67. The van der Waals surface area contributed by atoms with Crippen LogP contribution in [0.5, 0.6) is 11.5 Å². The summed E-state index contributed by atoms with van der Waals surface area (Å²) in [7, 11) is -4.25. The number of benzene rings is 3. The minimum absolute atomic E-state index is 0.0419. The van der Waals surface area contributed by atoms with E-state index in [-0.39, 0.29) is 28.1 Å². The molecular formula is C21H17ClN4O6S. The van der Waals surface area contributed by atoms with Crippen molar-refractivity contribution >= 4 is 44.4 Å². The first-order chi connectivity index (χ1) is 15.7. The summed E-state index contributed by atoms with van der Waals surface area (Å²) in [6.45, 7) is 1.85. The third-order valence-electron chi connectivity index (χ3n) is 4.72. The molecule has 10 nitrogen and oxygen atoms in total. The van der Waals surface area contributed by atoms with E-state index in [2.05, 4.69) is 15.2 Å². The van der Waals surface area contributed by atoms with E-state index < -0.39 is 20.6 Å². The Labute approximate surface area is 194 Å². The molecule has 33 heavy (non-hydrogen) atoms. The number of nitro groups is 1. The van der Waals surface area contributed by atoms with Crippen molar-refractivity contribution in [3.05, 3.63) is 81.4 Å². The number of rotatable bonds is 7. The van der Waals surface area contributed by atoms with E-state index in [1.165, 1.54) is 24.3 Å². The lowest BCUT2D eigenvalue weighted by molar-refractivity contribution is -0.385. The molecule has 1 aliphatic rings. The van der Waals surface area contributed by atoms with Crippen molar-refractivity contribution < 1.29 is 22.8 Å². The highest BCUT2D eigenvalue weighted by Gasteiger charge is 2.23. The van der Waals surface area contributed by atoms with Crippen molar-refractivity contribution in [2.24, 2.45) is 5.10 Å². The summed E-state index contributed by atoms with van der Waals surface area (Å²) in [6.07, 6.45) is 0. The first-order valence-corrected chi connectivity index (χ1v) is 11.4. The number of nitrogens with zero attached hydrogens (tertiary/aromatic N) is 2. The molecule has 0 spiro atoms. The Morgan fingerprint density at radius 1 is 1.06 bits per heavy atom. The highest BCUT2D eigenvalue weighted by Crippen LogP contribution is 2.33. The average Bonchev–Trinajstić information content (AvgIpc) is 3.26. The summed E-state index contributed by atoms with van der Waals surface area (Å²) in [5, 5.41) is 15.7. The Morgan fingerprint density at radius 2 is 1.82 bits per heavy atom. The molecule has 0 aliphatic carbocycles. The van der Waals surface area contributed by atoms with Crippen LogP contribution in [0.25, 0.3) is 0 Å². The molecule has 12 heteroatoms. The molecule has 0 saturated heterocycles. The number of hydrogen-bond donors (Lipinski definition) is 2. The van der Waals surface area contributed by atoms with E-state index in [9.17, 15) is 18.5 Å². The zero-order chi connectivity index (χ0) is 23.6. The van der Waals surface area contributed by atoms with Gasteiger partial charge in [0.2, 0.25) is 6.79 Å². The Bertz CT molecular complexity index is 1380. The topological polar surface area (TPSA) is 132 Å². The van der Waals surface area contributed by atoms with Gasteiger partial charge in [0.05, 0.1) is 27.0 Å². The second-order valence-corrected chi connectivity index (χ2v) is 8.96. The van der Waals surface area contributed by atoms with Crippen molar-refractivity contribution in [3.63, 3.8) is 0 Å². The summed E-state index contributed by atoms with van der Waals surface area (Å²) in [4.78, 5) is 10.2. The van der Waals surface area contributed by atoms with Crippen LogP contribution in [0.2, 0.25) is 5.02 Å². The number of sulfonamides is 1. The lowest BCUT2D eigenvalue weighted by atomic mass is 10.1. The zero-order valence-corrected chi connectivity index (χ0v) is 18.7. The van der Waals surface area contributed by atoms with E-state index in [1.807, 2.05) is 0 Å². The quantitative estimate of drug-likeness (QED) is 0.282. The minimum atomic E-state index is -4.25. The number of nitro benzene ring substituents is 1. The van der Waals surface area contributed by atoms with Gasteiger partial charge in [-0.25, -0.2) is 8.42 Å². The van der Waals surface area contributed by atoms with Crippen LogP contribution in [0, 0.1) is 10.1 Å². The van der Waals surface area contributed by atoms with Gasteiger partial charge < -0.3 is 9.47 Å². The second-order valence-electron chi connectivity index (χ2n) is 6.90. The summed E-state index contributed by atoms with van der Waals surface area (Å²) in [6, 6.07) is 14.9. The molecule has 1 heterocycles. The van der Waals surface area contributed by atoms with Gasteiger partial charge in [-0.3, -0.25) is 20.3 Å². The van der Waals surface area contributed by atoms with E-state index in [4.69, 9.17) is 21.1 Å². The largest absolute Gasteiger partial charge is 0.454 e. The molecule has 0 fully saturated rings. The number of nitrogens with one attached hydrogen (secondary N) is 2. The molecule has 0 saturated carbocycles. The van der Waals surface area contributed by atoms with Crippen LogP contribution in [0.3, 0.4) is 0 Å². The molecule has 4 rings (SSSR count). The van der Waals surface area contributed by atoms with Crippen LogP contribution in [0.4, 0.5) is 17.1 Å². The van der Waals surface area contributed by atoms with E-state index in [0.717, 1.165) is 6.07 Å². The Morgan fingerprint density at radius 3 is 2.58 bits per heavy atom. The monoisotopic (exact) mass is 488 g/mol. The fourth-order valence-electron chi connectivity index (χ4n) is 3.01. The van der Waals surface area contributed by atoms with Gasteiger partial charge in [-0.05, 0) is 43.3 Å². The van der Waals surface area contributed by atoms with Gasteiger partial charge in [-0.15, -0.1) is 0 Å². The normalized spacial score (nSPS) is 13.0. The molecule has 0 aromatic heterocycles. The van der Waals surface area contributed by atoms with Crippen molar-refractivity contribution in [2.45, 2.75) is 11.8 Å². The second kappa shape index (κ2) is 8.96. The van der Waals surface area contributed by atoms with Gasteiger partial charge in [0.25, 0.3) is 15.7 Å². The molecule has 0 radical (unpaired) electrons. The standard InChI is InChI=1S/C21H17ClN4O6S/c1-13(14-6-9-19-20(10-14)32-12-31-19)23-24-18-8-7-15(26(27)28)11-21(18)33(29,30)25-17-5-3-2-4-16(17)22/h2-11,24-25H,12H2,1H3/b23-13+. The SMILES string of the molecule is C/C(=N\Nc1ccc([N+](=O)[O-])cc1S(=O)(=O)Nc1ccccc1Cl)c1ccc2c(c1)OCO2. The fraction of sp³-hybridized carbons (Fsp3) is 0.0952. The predicted molar refractivity (Wildman–Crippen MR) is 124 cm³/mol. The summed E-state index contributed by atoms with van der Waals surface area (Å²) in [5.41, 5.74) is 3.72. The molecule has 0 bridgehead atoms. The number of fused-ring (bicyclic) bond motifs is 1. The molecule has 0 amide bonds. The van der Waals surface area contributed by atoms with Crippen LogP contribution < -0.4 is 19.6 Å². The van der Waals surface area contributed by atoms with Gasteiger partial charge >= 0.3 is 0 Å². The number of hydrazone groups is 1. The highest BCUT2D eigenvalue weighted by atomic mass is 35.5. The Hall–Kier alpha value is -3.83. The maximum Gasteiger partial charge on any atom is 0.270 e. The number of anilines is 2. The van der Waals surface area contributed by atoms with Crippen molar-refractivity contribution in [1.82, 2.24) is 0 Å². The Kier molecular flexibility index (Phi) is 6.07. The zero-order valence-electron chi connectivity index (χ0n) is 17.1. The first kappa shape index (κ1) is 22.4. The van der Waals surface area contributed by atoms with E-state index in [0.29, 0.717) is 22.8 Å². The molecular weight excluding hydrogens is 472 g/mol. The minimum Gasteiger partial charge on any atom is -0.454 e. The third-order valence-corrected chi connectivity index (χ3v) is 6.45. The molecule has 2 N–H and O–H groups in total. The maximum atomic E-state index is 13.1. The van der Waals surface area contributed by atoms with Crippen LogP contribution in [-0.4, -0.2) is 25.8 Å². The molecule has 3 aromatic rings. The van der Waals surface area contributed by atoms with Crippen LogP contribution in [0.1, 0.15) is 12.5 Å². The number of non-ortho nitro benzene ring substituents is 1. The van der Waals surface area contributed by atoms with Gasteiger partial charge in [0, 0.05) is 17.7 Å². The summed E-state index contributed by atoms with van der Waals surface area (Å²) >= 11 is 6.06. The molecule has 0 unspecified atom stereocenters. The third kappa shape index (κ3) is 4.83. The van der Waals surface area contributed by atoms with Crippen molar-refractivity contribution in [2.75, 3.05) is 16.9 Å². The number of halogens is 1. The number of ether oxygens (including phenoxy) is 2. The first-order valence-electron chi connectivity index (χ1n) is 9.51. The van der Waals surface area contributed by atoms with Crippen molar-refractivity contribution in [1.29, 1.82) is 0 Å². The van der Waals surface area contributed by atoms with Gasteiger partial charge in [-0.1, -0.05) is 23.7 Å². The number of para-hydroxylation sites is 1. The van der Waals surface area contributed by atoms with Crippen LogP contribution in [0.15, 0.2) is 70.7 Å². The average molecular weight is 489 g/mol. The van der Waals surface area contributed by atoms with Crippen molar-refractivity contribution in [3.8, 4) is 11.5 Å². The van der Waals surface area contributed by atoms with Crippen LogP contribution >= 0.6 is 11.6 Å². The lowest BCUT2D eigenvalue weighted by Crippen LogP contribution is -2.15. The van der Waals surface area contributed by atoms with E-state index in [1.54, 1.807) is 37.3 Å². The lowest BCUT2D eigenvalue weighted by Gasteiger charge is -2.13. The highest BCUT2D eigenvalue weighted by molar-refractivity contribution is 7.93. The summed E-state index contributed by atoms with van der Waals surface area (Å²) < 4.78 is 39.2. The summed E-state index contributed by atoms with van der Waals surface area (Å²) in [5.74, 6) is 1.19. The molecule has 0 atom stereocenters. The van der Waals surface area contributed by atoms with Gasteiger partial charge in [0.1, 0.15) is 4.90 Å². The molecule has 3 aromatic carbocycles. The maximum absolute atomic E-state index is 13.1. The smallest absolute Gasteiger partial charge is 0.270 e. The number of hydrogen-bond acceptors (Lipinski definition) is 8. The molecule has 1 aliphatic heterocycles. The molecule has 170 valence electrons. The van der Waals surface area contributed by atoms with Crippen LogP contribution in [-0.2, 0) is 10.0 Å². The van der Waals surface area contributed by atoms with Gasteiger partial charge in [0.15, 0.2) is 11.5 Å².